The van der Waals surface area contributed by atoms with Crippen LogP contribution in [0, 0.1) is 46.3 Å². The van der Waals surface area contributed by atoms with Crippen LogP contribution in [0.25, 0.3) is 0 Å². The first-order valence-electron chi connectivity index (χ1n) is 11.6. The second-order valence-corrected chi connectivity index (χ2v) is 11.2. The van der Waals surface area contributed by atoms with Crippen molar-refractivity contribution >= 4 is 5.97 Å². The Kier molecular flexibility index (Phi) is 7.54. The summed E-state index contributed by atoms with van der Waals surface area (Å²) in [6, 6.07) is 0. The van der Waals surface area contributed by atoms with Crippen LogP contribution in [0.4, 0.5) is 0 Å². The van der Waals surface area contributed by atoms with Crippen LogP contribution >= 0.6 is 0 Å². The first kappa shape index (κ1) is 23.7. The van der Waals surface area contributed by atoms with Gasteiger partial charge in [0.25, 0.3) is 0 Å². The van der Waals surface area contributed by atoms with E-state index in [0.29, 0.717) is 22.7 Å². The van der Waals surface area contributed by atoms with Crippen molar-refractivity contribution in [2.75, 3.05) is 0 Å². The molecule has 0 heterocycles. The fourth-order valence-electron chi connectivity index (χ4n) is 8.76. The number of carbonyl (C=O) groups excluding carboxylic acids is 1. The minimum Gasteiger partial charge on any atom is -0.550 e. The van der Waals surface area contributed by atoms with Gasteiger partial charge >= 0.3 is 51.4 Å². The number of aliphatic hydroxyl groups excluding tert-OH is 1. The third kappa shape index (κ3) is 3.97. The van der Waals surface area contributed by atoms with Gasteiger partial charge in [-0.25, -0.2) is 0 Å². The maximum absolute atomic E-state index is 10.9. The predicted molar refractivity (Wildman–Crippen MR) is 105 cm³/mol. The number of carboxylic acid groups (broad SMARTS) is 1. The van der Waals surface area contributed by atoms with Crippen molar-refractivity contribution in [2.24, 2.45) is 46.3 Å². The molecule has 0 aromatic rings. The maximum atomic E-state index is 10.9. The van der Waals surface area contributed by atoms with Crippen LogP contribution in [-0.4, -0.2) is 17.2 Å². The minimum absolute atomic E-state index is 0. The van der Waals surface area contributed by atoms with Gasteiger partial charge in [-0.05, 0) is 117 Å². The molecule has 4 aliphatic rings. The largest absolute Gasteiger partial charge is 1.00 e. The third-order valence-corrected chi connectivity index (χ3v) is 10.2. The van der Waals surface area contributed by atoms with Gasteiger partial charge in [-0.2, -0.15) is 0 Å². The van der Waals surface area contributed by atoms with Crippen molar-refractivity contribution in [1.82, 2.24) is 0 Å². The molecule has 1 unspecified atom stereocenters. The predicted octanol–water partition coefficient (Wildman–Crippen LogP) is 1.18. The molecule has 4 saturated carbocycles. The van der Waals surface area contributed by atoms with Gasteiger partial charge in [-0.3, -0.25) is 0 Å². The van der Waals surface area contributed by atoms with Crippen molar-refractivity contribution in [3.8, 4) is 0 Å². The Morgan fingerprint density at radius 2 is 1.71 bits per heavy atom. The second-order valence-electron chi connectivity index (χ2n) is 11.2. The number of aliphatic carboxylic acids is 1. The molecule has 0 aromatic carbocycles. The first-order valence-corrected chi connectivity index (χ1v) is 11.6. The zero-order valence-electron chi connectivity index (χ0n) is 18.6. The van der Waals surface area contributed by atoms with Crippen LogP contribution in [0.2, 0.25) is 0 Å². The molecule has 0 aliphatic heterocycles. The Bertz CT molecular complexity index is 580. The zero-order chi connectivity index (χ0) is 19.4. The van der Waals surface area contributed by atoms with Crippen molar-refractivity contribution in [1.29, 1.82) is 0 Å². The minimum atomic E-state index is -0.893. The maximum Gasteiger partial charge on any atom is 1.00 e. The van der Waals surface area contributed by atoms with Gasteiger partial charge < -0.3 is 15.0 Å². The smallest absolute Gasteiger partial charge is 0.550 e. The van der Waals surface area contributed by atoms with E-state index in [1.807, 2.05) is 0 Å². The molecule has 0 spiro atoms. The molecule has 154 valence electrons. The Morgan fingerprint density at radius 1 is 1.04 bits per heavy atom. The average molecular weight is 415 g/mol. The molecule has 28 heavy (non-hydrogen) atoms. The number of fused-ring (bicyclic) bond motifs is 5. The molecule has 3 nitrogen and oxygen atoms in total. The Labute approximate surface area is 214 Å². The van der Waals surface area contributed by atoms with Gasteiger partial charge in [0.15, 0.2) is 0 Å². The van der Waals surface area contributed by atoms with Crippen LogP contribution in [0.3, 0.4) is 0 Å². The molecule has 0 aromatic heterocycles. The summed E-state index contributed by atoms with van der Waals surface area (Å²) in [7, 11) is 0. The average Bonchev–Trinajstić information content (AvgIpc) is 2.97. The van der Waals surface area contributed by atoms with Crippen molar-refractivity contribution < 1.29 is 66.4 Å². The number of hydrogen-bond donors (Lipinski definition) is 1. The van der Waals surface area contributed by atoms with Crippen LogP contribution < -0.4 is 56.5 Å². The Morgan fingerprint density at radius 3 is 2.43 bits per heavy atom. The zero-order valence-corrected chi connectivity index (χ0v) is 21.7. The number of rotatable bonds is 4. The normalized spacial score (nSPS) is 48.6. The van der Waals surface area contributed by atoms with E-state index in [4.69, 9.17) is 0 Å². The van der Waals surface area contributed by atoms with Crippen LogP contribution in [0.15, 0.2) is 0 Å². The van der Waals surface area contributed by atoms with Crippen LogP contribution in [-0.2, 0) is 4.79 Å². The van der Waals surface area contributed by atoms with E-state index in [9.17, 15) is 15.0 Å². The van der Waals surface area contributed by atoms with E-state index in [1.165, 1.54) is 44.9 Å². The Hall–Kier alpha value is 1.07. The standard InChI is InChI=1S/C24H40O3.K/c1-15(4-9-22(26)27)19-7-8-20-18-6-5-16-14-17(25)10-12-23(16,2)21(18)11-13-24(19,20)3;/h15-21,25H,4-14H2,1-3H3,(H,26,27);/q;+1/p-1/t15-,16?,17-,18+,19-,20+,21+,23+,24-;/m1./s1. The van der Waals surface area contributed by atoms with Gasteiger partial charge in [-0.1, -0.05) is 20.8 Å². The molecule has 9 atom stereocenters. The van der Waals surface area contributed by atoms with E-state index < -0.39 is 5.97 Å². The monoisotopic (exact) mass is 414 g/mol. The molecule has 4 rings (SSSR count). The first-order chi connectivity index (χ1) is 12.8. The fourth-order valence-corrected chi connectivity index (χ4v) is 8.76. The number of carboxylic acids is 1. The van der Waals surface area contributed by atoms with E-state index in [0.717, 1.165) is 42.9 Å². The fraction of sp³-hybridized carbons (Fsp3) is 0.958. The summed E-state index contributed by atoms with van der Waals surface area (Å²) in [5, 5.41) is 21.1. The summed E-state index contributed by atoms with van der Waals surface area (Å²) in [6.07, 6.45) is 12.2. The SMILES string of the molecule is C[C@H](CCC(=O)[O-])[C@H]1CC[C@H]2[C@@H]3CCC4C[C@H](O)CC[C@]4(C)[C@H]3CC[C@]12C.[K+]. The van der Waals surface area contributed by atoms with Crippen molar-refractivity contribution in [2.45, 2.75) is 97.5 Å². The molecule has 4 fully saturated rings. The molecule has 0 amide bonds. The molecular formula is C24H39KO3. The van der Waals surface area contributed by atoms with Gasteiger partial charge in [0.1, 0.15) is 0 Å². The topological polar surface area (TPSA) is 60.4 Å². The van der Waals surface area contributed by atoms with E-state index in [-0.39, 0.29) is 63.9 Å². The molecule has 4 aliphatic carbocycles. The number of hydrogen-bond acceptors (Lipinski definition) is 3. The number of carbonyl (C=O) groups is 1. The van der Waals surface area contributed by atoms with Crippen LogP contribution in [0.5, 0.6) is 0 Å². The molecule has 0 radical (unpaired) electrons. The molecule has 4 heteroatoms. The van der Waals surface area contributed by atoms with Gasteiger partial charge in [0.2, 0.25) is 0 Å². The summed E-state index contributed by atoms with van der Waals surface area (Å²) in [6.45, 7) is 7.38. The van der Waals surface area contributed by atoms with E-state index >= 15 is 0 Å². The summed E-state index contributed by atoms with van der Waals surface area (Å²) >= 11 is 0. The summed E-state index contributed by atoms with van der Waals surface area (Å²) < 4.78 is 0. The second kappa shape index (κ2) is 8.90. The van der Waals surface area contributed by atoms with E-state index in [2.05, 4.69) is 20.8 Å². The van der Waals surface area contributed by atoms with Gasteiger partial charge in [0.05, 0.1) is 6.10 Å². The van der Waals surface area contributed by atoms with E-state index in [1.54, 1.807) is 0 Å². The van der Waals surface area contributed by atoms with Crippen molar-refractivity contribution in [3.63, 3.8) is 0 Å². The van der Waals surface area contributed by atoms with Crippen molar-refractivity contribution in [3.05, 3.63) is 0 Å². The summed E-state index contributed by atoms with van der Waals surface area (Å²) in [5.74, 6) is 3.55. The summed E-state index contributed by atoms with van der Waals surface area (Å²) in [4.78, 5) is 10.9. The molecule has 0 saturated heterocycles. The quantitative estimate of drug-likeness (QED) is 0.703. The van der Waals surface area contributed by atoms with Gasteiger partial charge in [-0.15, -0.1) is 0 Å². The number of aliphatic hydroxyl groups is 1. The van der Waals surface area contributed by atoms with Crippen LogP contribution in [0.1, 0.15) is 91.4 Å². The summed E-state index contributed by atoms with van der Waals surface area (Å²) in [5.41, 5.74) is 0.853. The Balaban J connectivity index is 0.00000225. The van der Waals surface area contributed by atoms with Gasteiger partial charge in [0, 0.05) is 5.97 Å². The third-order valence-electron chi connectivity index (χ3n) is 10.2. The molecule has 1 N–H and O–H groups in total. The molecular weight excluding hydrogens is 375 g/mol. The molecule has 0 bridgehead atoms.